The van der Waals surface area contributed by atoms with Crippen LogP contribution in [0, 0.1) is 0 Å². The fourth-order valence-electron chi connectivity index (χ4n) is 2.32. The minimum atomic E-state index is 0.00881. The number of nitrogens with zero attached hydrogens (tertiary/aromatic N) is 3. The molecule has 0 aliphatic carbocycles. The van der Waals surface area contributed by atoms with Gasteiger partial charge in [-0.1, -0.05) is 18.2 Å². The van der Waals surface area contributed by atoms with Crippen LogP contribution in [0.25, 0.3) is 11.1 Å². The number of para-hydroxylation sites is 1. The number of H-pyrrole nitrogens is 1. The number of nitrogens with one attached hydrogen (secondary N) is 1. The zero-order chi connectivity index (χ0) is 13.4. The van der Waals surface area contributed by atoms with Gasteiger partial charge in [-0.25, -0.2) is 4.79 Å². The summed E-state index contributed by atoms with van der Waals surface area (Å²) in [5.74, 6) is 0.507. The Balaban J connectivity index is 2.08. The molecule has 6 heteroatoms. The van der Waals surface area contributed by atoms with Crippen LogP contribution >= 0.6 is 0 Å². The summed E-state index contributed by atoms with van der Waals surface area (Å²) in [6.45, 7) is 1.41. The molecule has 1 aromatic heterocycles. The summed E-state index contributed by atoms with van der Waals surface area (Å²) in [6.07, 6.45) is 1.68. The molecule has 0 atom stereocenters. The third-order valence-electron chi connectivity index (χ3n) is 3.37. The number of rotatable bonds is 2. The fraction of sp³-hybridized carbons (Fsp3) is 0.231. The maximum absolute atomic E-state index is 12.1. The van der Waals surface area contributed by atoms with Crippen molar-refractivity contribution in [3.8, 4) is 11.1 Å². The van der Waals surface area contributed by atoms with Gasteiger partial charge in [0.2, 0.25) is 0 Å². The molecule has 19 heavy (non-hydrogen) atoms. The molecule has 3 rings (SSSR count). The number of nitrogen functional groups attached to an aromatic ring is 1. The molecule has 1 fully saturated rings. The largest absolute Gasteiger partial charge is 0.384 e. The molecule has 98 valence electrons. The molecular formula is C13H15N5O. The Labute approximate surface area is 110 Å². The van der Waals surface area contributed by atoms with E-state index in [-0.39, 0.29) is 6.03 Å². The topological polar surface area (TPSA) is 78.2 Å². The van der Waals surface area contributed by atoms with Gasteiger partial charge in [-0.15, -0.1) is 0 Å². The van der Waals surface area contributed by atoms with Crippen molar-refractivity contribution >= 4 is 17.5 Å². The van der Waals surface area contributed by atoms with Crippen molar-refractivity contribution < 1.29 is 4.79 Å². The van der Waals surface area contributed by atoms with Crippen LogP contribution in [0.5, 0.6) is 0 Å². The van der Waals surface area contributed by atoms with Crippen molar-refractivity contribution in [3.05, 3.63) is 30.5 Å². The van der Waals surface area contributed by atoms with Crippen LogP contribution in [-0.2, 0) is 0 Å². The lowest BCUT2D eigenvalue weighted by atomic mass is 10.1. The second-order valence-corrected chi connectivity index (χ2v) is 4.57. The van der Waals surface area contributed by atoms with E-state index in [9.17, 15) is 4.79 Å². The summed E-state index contributed by atoms with van der Waals surface area (Å²) in [6, 6.07) is 7.73. The lowest BCUT2D eigenvalue weighted by Gasteiger charge is -2.19. The first-order valence-electron chi connectivity index (χ1n) is 6.09. The van der Waals surface area contributed by atoms with Gasteiger partial charge in [-0.2, -0.15) is 5.10 Å². The highest BCUT2D eigenvalue weighted by Crippen LogP contribution is 2.34. The number of hydrogen-bond acceptors (Lipinski definition) is 3. The number of carbonyl (C=O) groups excluding carboxylic acids is 1. The standard InChI is InChI=1S/C13H15N5O/c1-17-6-7-18(13(17)19)11-5-3-2-4-9(11)10-8-15-16-12(10)14/h2-5,8H,6-7H2,1H3,(H3,14,15,16). The molecule has 2 aromatic rings. The summed E-state index contributed by atoms with van der Waals surface area (Å²) < 4.78 is 0. The van der Waals surface area contributed by atoms with Crippen molar-refractivity contribution in [2.75, 3.05) is 30.8 Å². The first kappa shape index (κ1) is 11.6. The monoisotopic (exact) mass is 257 g/mol. The number of anilines is 2. The quantitative estimate of drug-likeness (QED) is 0.856. The van der Waals surface area contributed by atoms with Gasteiger partial charge >= 0.3 is 6.03 Å². The fourth-order valence-corrected chi connectivity index (χ4v) is 2.32. The molecule has 0 radical (unpaired) electrons. The second-order valence-electron chi connectivity index (χ2n) is 4.57. The molecule has 2 heterocycles. The summed E-state index contributed by atoms with van der Waals surface area (Å²) >= 11 is 0. The van der Waals surface area contributed by atoms with Gasteiger partial charge in [0.1, 0.15) is 5.82 Å². The number of carbonyl (C=O) groups is 1. The Bertz CT molecular complexity index is 621. The number of aromatic nitrogens is 2. The third kappa shape index (κ3) is 1.81. The summed E-state index contributed by atoms with van der Waals surface area (Å²) in [5, 5.41) is 6.65. The van der Waals surface area contributed by atoms with Gasteiger partial charge in [0, 0.05) is 31.3 Å². The first-order chi connectivity index (χ1) is 9.18. The average Bonchev–Trinajstić information content (AvgIpc) is 2.98. The van der Waals surface area contributed by atoms with Crippen LogP contribution in [0.4, 0.5) is 16.3 Å². The predicted molar refractivity (Wildman–Crippen MR) is 73.8 cm³/mol. The van der Waals surface area contributed by atoms with E-state index in [4.69, 9.17) is 5.73 Å². The van der Waals surface area contributed by atoms with Gasteiger partial charge in [0.25, 0.3) is 0 Å². The number of urea groups is 1. The number of likely N-dealkylation sites (N-methyl/N-ethyl adjacent to an activating group) is 1. The van der Waals surface area contributed by atoms with Gasteiger partial charge in [-0.05, 0) is 6.07 Å². The first-order valence-corrected chi connectivity index (χ1v) is 6.09. The van der Waals surface area contributed by atoms with Crippen LogP contribution < -0.4 is 10.6 Å². The Kier molecular flexibility index (Phi) is 2.63. The molecule has 0 saturated carbocycles. The smallest absolute Gasteiger partial charge is 0.324 e. The molecule has 2 amide bonds. The molecule has 3 N–H and O–H groups in total. The van der Waals surface area contributed by atoms with E-state index in [1.54, 1.807) is 23.0 Å². The van der Waals surface area contributed by atoms with Crippen molar-refractivity contribution in [3.63, 3.8) is 0 Å². The van der Waals surface area contributed by atoms with E-state index in [1.165, 1.54) is 0 Å². The van der Waals surface area contributed by atoms with Gasteiger partial charge in [0.05, 0.1) is 11.9 Å². The highest BCUT2D eigenvalue weighted by molar-refractivity contribution is 5.99. The van der Waals surface area contributed by atoms with Gasteiger partial charge < -0.3 is 10.6 Å². The van der Waals surface area contributed by atoms with Crippen LogP contribution in [-0.4, -0.2) is 41.3 Å². The van der Waals surface area contributed by atoms with E-state index >= 15 is 0 Å². The molecule has 1 saturated heterocycles. The normalized spacial score (nSPS) is 15.3. The van der Waals surface area contributed by atoms with Crippen LogP contribution in [0.15, 0.2) is 30.5 Å². The van der Waals surface area contributed by atoms with Gasteiger partial charge in [0.15, 0.2) is 0 Å². The SMILES string of the molecule is CN1CCN(c2ccccc2-c2cn[nH]c2N)C1=O. The van der Waals surface area contributed by atoms with Crippen molar-refractivity contribution in [2.24, 2.45) is 0 Å². The highest BCUT2D eigenvalue weighted by Gasteiger charge is 2.28. The lowest BCUT2D eigenvalue weighted by molar-refractivity contribution is 0.229. The molecule has 1 aliphatic rings. The minimum absolute atomic E-state index is 0.00881. The van der Waals surface area contributed by atoms with E-state index in [1.807, 2.05) is 24.3 Å². The maximum Gasteiger partial charge on any atom is 0.324 e. The van der Waals surface area contributed by atoms with Crippen molar-refractivity contribution in [1.29, 1.82) is 0 Å². The van der Waals surface area contributed by atoms with Crippen LogP contribution in [0.3, 0.4) is 0 Å². The molecular weight excluding hydrogens is 242 g/mol. The zero-order valence-electron chi connectivity index (χ0n) is 10.6. The minimum Gasteiger partial charge on any atom is -0.384 e. The predicted octanol–water partition coefficient (Wildman–Crippen LogP) is 1.53. The van der Waals surface area contributed by atoms with Crippen LogP contribution in [0.2, 0.25) is 0 Å². The molecule has 0 spiro atoms. The molecule has 6 nitrogen and oxygen atoms in total. The average molecular weight is 257 g/mol. The number of hydrogen-bond donors (Lipinski definition) is 2. The zero-order valence-corrected chi connectivity index (χ0v) is 10.6. The van der Waals surface area contributed by atoms with E-state index < -0.39 is 0 Å². The Morgan fingerprint density at radius 2 is 2.05 bits per heavy atom. The van der Waals surface area contributed by atoms with Crippen molar-refractivity contribution in [1.82, 2.24) is 15.1 Å². The number of benzene rings is 1. The summed E-state index contributed by atoms with van der Waals surface area (Å²) in [7, 11) is 1.80. The molecule has 0 bridgehead atoms. The van der Waals surface area contributed by atoms with E-state index in [0.717, 1.165) is 23.4 Å². The molecule has 1 aromatic carbocycles. The number of amides is 2. The highest BCUT2D eigenvalue weighted by atomic mass is 16.2. The van der Waals surface area contributed by atoms with Gasteiger partial charge in [-0.3, -0.25) is 10.00 Å². The number of aromatic amines is 1. The Morgan fingerprint density at radius 1 is 1.26 bits per heavy atom. The Morgan fingerprint density at radius 3 is 2.68 bits per heavy atom. The molecule has 1 aliphatic heterocycles. The Hall–Kier alpha value is -2.50. The van der Waals surface area contributed by atoms with E-state index in [2.05, 4.69) is 10.2 Å². The van der Waals surface area contributed by atoms with E-state index in [0.29, 0.717) is 12.4 Å². The number of nitrogens with two attached hydrogens (primary N) is 1. The van der Waals surface area contributed by atoms with Crippen molar-refractivity contribution in [2.45, 2.75) is 0 Å². The second kappa shape index (κ2) is 4.31. The third-order valence-corrected chi connectivity index (χ3v) is 3.37. The summed E-state index contributed by atoms with van der Waals surface area (Å²) in [4.78, 5) is 15.6. The lowest BCUT2D eigenvalue weighted by Crippen LogP contribution is -2.29. The molecule has 0 unspecified atom stereocenters. The maximum atomic E-state index is 12.1. The summed E-state index contributed by atoms with van der Waals surface area (Å²) in [5.41, 5.74) is 8.47. The van der Waals surface area contributed by atoms with Crippen LogP contribution in [0.1, 0.15) is 0 Å².